The zero-order valence-corrected chi connectivity index (χ0v) is 9.11. The van der Waals surface area contributed by atoms with Crippen molar-refractivity contribution >= 4 is 6.21 Å². The topological polar surface area (TPSA) is 50.4 Å². The van der Waals surface area contributed by atoms with Crippen molar-refractivity contribution in [2.75, 3.05) is 6.54 Å². The van der Waals surface area contributed by atoms with Gasteiger partial charge < -0.3 is 9.67 Å². The summed E-state index contributed by atoms with van der Waals surface area (Å²) in [6.07, 6.45) is 5.13. The molecule has 1 N–H and O–H groups in total. The Morgan fingerprint density at radius 2 is 2.40 bits per heavy atom. The molecule has 0 amide bonds. The van der Waals surface area contributed by atoms with Crippen molar-refractivity contribution in [2.45, 2.75) is 39.3 Å². The van der Waals surface area contributed by atoms with E-state index in [1.807, 2.05) is 0 Å². The third-order valence-corrected chi connectivity index (χ3v) is 2.76. The van der Waals surface area contributed by atoms with Crippen molar-refractivity contribution in [3.8, 4) is 0 Å². The summed E-state index contributed by atoms with van der Waals surface area (Å²) >= 11 is 0. The largest absolute Gasteiger partial charge is 0.390 e. The van der Waals surface area contributed by atoms with Gasteiger partial charge in [0.15, 0.2) is 5.82 Å². The number of fused-ring (bicyclic) bond motifs is 1. The fourth-order valence-electron chi connectivity index (χ4n) is 1.96. The fraction of sp³-hybridized carbons (Fsp3) is 0.636. The molecule has 0 aliphatic carbocycles. The maximum atomic E-state index is 9.25. The first-order chi connectivity index (χ1) is 7.36. The zero-order valence-electron chi connectivity index (χ0n) is 9.11. The summed E-state index contributed by atoms with van der Waals surface area (Å²) < 4.78 is 2.19. The first kappa shape index (κ1) is 10.4. The molecule has 0 unspecified atom stereocenters. The highest BCUT2D eigenvalue weighted by molar-refractivity contribution is 5.76. The third-order valence-electron chi connectivity index (χ3n) is 2.76. The molecular weight excluding hydrogens is 190 g/mol. The quantitative estimate of drug-likeness (QED) is 0.805. The average molecular weight is 207 g/mol. The van der Waals surface area contributed by atoms with E-state index in [1.54, 1.807) is 6.21 Å². The van der Waals surface area contributed by atoms with E-state index < -0.39 is 0 Å². The molecule has 1 aromatic heterocycles. The van der Waals surface area contributed by atoms with Gasteiger partial charge in [-0.2, -0.15) is 0 Å². The Morgan fingerprint density at radius 3 is 3.13 bits per heavy atom. The van der Waals surface area contributed by atoms with E-state index in [1.165, 1.54) is 12.1 Å². The smallest absolute Gasteiger partial charge is 0.151 e. The molecule has 0 spiro atoms. The Bertz CT molecular complexity index is 368. The predicted octanol–water partition coefficient (Wildman–Crippen LogP) is 1.15. The lowest BCUT2D eigenvalue weighted by Crippen LogP contribution is -2.14. The van der Waals surface area contributed by atoms with E-state index in [-0.39, 0.29) is 6.61 Å². The highest BCUT2D eigenvalue weighted by Crippen LogP contribution is 2.16. The number of aliphatic hydroxyl groups is 1. The van der Waals surface area contributed by atoms with Crippen LogP contribution in [0.15, 0.2) is 4.99 Å². The van der Waals surface area contributed by atoms with E-state index in [2.05, 4.69) is 21.5 Å². The van der Waals surface area contributed by atoms with E-state index in [0.717, 1.165) is 37.4 Å². The first-order valence-electron chi connectivity index (χ1n) is 5.55. The maximum absolute atomic E-state index is 9.25. The number of rotatable bonds is 4. The van der Waals surface area contributed by atoms with Gasteiger partial charge >= 0.3 is 0 Å². The molecule has 82 valence electrons. The summed E-state index contributed by atoms with van der Waals surface area (Å²) in [5, 5.41) is 9.25. The van der Waals surface area contributed by atoms with Gasteiger partial charge in [-0.25, -0.2) is 4.98 Å². The van der Waals surface area contributed by atoms with Crippen LogP contribution >= 0.6 is 0 Å². The number of hydrogen-bond acceptors (Lipinski definition) is 3. The summed E-state index contributed by atoms with van der Waals surface area (Å²) in [6, 6.07) is 0. The van der Waals surface area contributed by atoms with Crippen molar-refractivity contribution < 1.29 is 5.11 Å². The number of imidazole rings is 1. The number of aliphatic imine (C=N–C) groups is 1. The van der Waals surface area contributed by atoms with Crippen LogP contribution in [0.5, 0.6) is 0 Å². The second-order valence-corrected chi connectivity index (χ2v) is 3.81. The van der Waals surface area contributed by atoms with Gasteiger partial charge in [-0.3, -0.25) is 4.99 Å². The van der Waals surface area contributed by atoms with Gasteiger partial charge in [0.25, 0.3) is 0 Å². The standard InChI is InChI=1S/C11H17N3O/c1-2-3-4-10-9(8-15)13-11-7-12-5-6-14(10)11/h7,15H,2-6,8H2,1H3. The molecule has 0 atom stereocenters. The van der Waals surface area contributed by atoms with Crippen LogP contribution in [0.25, 0.3) is 0 Å². The van der Waals surface area contributed by atoms with Crippen molar-refractivity contribution in [3.63, 3.8) is 0 Å². The molecule has 0 saturated carbocycles. The van der Waals surface area contributed by atoms with E-state index in [9.17, 15) is 5.11 Å². The SMILES string of the molecule is CCCCc1c(CO)nc2n1CCN=C2. The summed E-state index contributed by atoms with van der Waals surface area (Å²) in [4.78, 5) is 8.58. The van der Waals surface area contributed by atoms with Crippen molar-refractivity contribution in [1.82, 2.24) is 9.55 Å². The Morgan fingerprint density at radius 1 is 1.53 bits per heavy atom. The van der Waals surface area contributed by atoms with E-state index in [4.69, 9.17) is 0 Å². The molecule has 15 heavy (non-hydrogen) atoms. The lowest BCUT2D eigenvalue weighted by Gasteiger charge is -2.12. The number of hydrogen-bond donors (Lipinski definition) is 1. The summed E-state index contributed by atoms with van der Waals surface area (Å²) in [5.74, 6) is 0.899. The van der Waals surface area contributed by atoms with E-state index in [0.29, 0.717) is 0 Å². The normalized spacial score (nSPS) is 14.3. The molecule has 0 radical (unpaired) electrons. The molecule has 2 rings (SSSR count). The third kappa shape index (κ3) is 1.95. The van der Waals surface area contributed by atoms with Crippen LogP contribution < -0.4 is 0 Å². The number of nitrogens with zero attached hydrogens (tertiary/aromatic N) is 3. The average Bonchev–Trinajstić information content (AvgIpc) is 2.64. The second kappa shape index (κ2) is 4.57. The number of aliphatic hydroxyl groups excluding tert-OH is 1. The van der Waals surface area contributed by atoms with E-state index >= 15 is 0 Å². The lowest BCUT2D eigenvalue weighted by atomic mass is 10.1. The molecule has 1 aromatic rings. The Hall–Kier alpha value is -1.16. The Balaban J connectivity index is 2.32. The molecule has 2 heterocycles. The molecule has 1 aliphatic rings. The van der Waals surface area contributed by atoms with Crippen LogP contribution in [0.2, 0.25) is 0 Å². The highest BCUT2D eigenvalue weighted by atomic mass is 16.3. The molecule has 1 aliphatic heterocycles. The predicted molar refractivity (Wildman–Crippen MR) is 59.2 cm³/mol. The molecule has 0 saturated heterocycles. The molecular formula is C11H17N3O. The molecule has 4 heteroatoms. The minimum absolute atomic E-state index is 0.0346. The Kier molecular flexibility index (Phi) is 3.16. The van der Waals surface area contributed by atoms with Gasteiger partial charge in [0.05, 0.1) is 25.1 Å². The first-order valence-corrected chi connectivity index (χ1v) is 5.55. The van der Waals surface area contributed by atoms with Crippen molar-refractivity contribution in [3.05, 3.63) is 17.2 Å². The number of unbranched alkanes of at least 4 members (excludes halogenated alkanes) is 1. The van der Waals surface area contributed by atoms with Crippen molar-refractivity contribution in [2.24, 2.45) is 4.99 Å². The van der Waals surface area contributed by atoms with Crippen LogP contribution in [-0.4, -0.2) is 27.4 Å². The van der Waals surface area contributed by atoms with Gasteiger partial charge in [-0.05, 0) is 12.8 Å². The van der Waals surface area contributed by atoms with Gasteiger partial charge in [0.1, 0.15) is 0 Å². The van der Waals surface area contributed by atoms with Crippen LogP contribution in [0.1, 0.15) is 37.0 Å². The second-order valence-electron chi connectivity index (χ2n) is 3.81. The molecule has 0 bridgehead atoms. The summed E-state index contributed by atoms with van der Waals surface area (Å²) in [7, 11) is 0. The fourth-order valence-corrected chi connectivity index (χ4v) is 1.96. The van der Waals surface area contributed by atoms with Crippen LogP contribution in [0.3, 0.4) is 0 Å². The van der Waals surface area contributed by atoms with Gasteiger partial charge in [0.2, 0.25) is 0 Å². The molecule has 0 fully saturated rings. The maximum Gasteiger partial charge on any atom is 0.151 e. The monoisotopic (exact) mass is 207 g/mol. The van der Waals surface area contributed by atoms with Gasteiger partial charge in [-0.1, -0.05) is 13.3 Å². The minimum Gasteiger partial charge on any atom is -0.390 e. The minimum atomic E-state index is 0.0346. The van der Waals surface area contributed by atoms with Gasteiger partial charge in [-0.15, -0.1) is 0 Å². The van der Waals surface area contributed by atoms with Crippen molar-refractivity contribution in [1.29, 1.82) is 0 Å². The lowest BCUT2D eigenvalue weighted by molar-refractivity contribution is 0.275. The zero-order chi connectivity index (χ0) is 10.7. The summed E-state index contributed by atoms with van der Waals surface area (Å²) in [6.45, 7) is 3.94. The summed E-state index contributed by atoms with van der Waals surface area (Å²) in [5.41, 5.74) is 2.02. The van der Waals surface area contributed by atoms with Crippen LogP contribution in [0.4, 0.5) is 0 Å². The number of aromatic nitrogens is 2. The van der Waals surface area contributed by atoms with Gasteiger partial charge in [0, 0.05) is 12.2 Å². The van der Waals surface area contributed by atoms with Crippen LogP contribution in [0, 0.1) is 0 Å². The molecule has 0 aromatic carbocycles. The Labute approximate surface area is 89.7 Å². The highest BCUT2D eigenvalue weighted by Gasteiger charge is 2.16. The molecule has 4 nitrogen and oxygen atoms in total. The van der Waals surface area contributed by atoms with Crippen LogP contribution in [-0.2, 0) is 19.6 Å².